The van der Waals surface area contributed by atoms with Crippen molar-refractivity contribution >= 4 is 28.1 Å². The number of carbonyl (C=O) groups excluding carboxylic acids is 1. The lowest BCUT2D eigenvalue weighted by Gasteiger charge is -2.08. The number of nitro groups is 1. The van der Waals surface area contributed by atoms with Crippen LogP contribution in [0.4, 0.5) is 24.0 Å². The normalized spacial score (nSPS) is 11.1. The van der Waals surface area contributed by atoms with Crippen LogP contribution in [0.2, 0.25) is 0 Å². The fourth-order valence-corrected chi connectivity index (χ4v) is 3.29. The van der Waals surface area contributed by atoms with Gasteiger partial charge in [0.15, 0.2) is 5.13 Å². The highest BCUT2D eigenvalue weighted by Crippen LogP contribution is 2.26. The molecule has 150 valence electrons. The van der Waals surface area contributed by atoms with E-state index in [2.05, 4.69) is 15.0 Å². The predicted octanol–water partition coefficient (Wildman–Crippen LogP) is 4.79. The summed E-state index contributed by atoms with van der Waals surface area (Å²) in [4.78, 5) is 27.5. The SMILES string of the molecule is O=C(Nc1ncc(Cc2ccc(OC(F)(F)F)cc2)s1)c1ccccc1[N+](=O)[O-]. The molecule has 0 bridgehead atoms. The zero-order chi connectivity index (χ0) is 21.0. The topological polar surface area (TPSA) is 94.4 Å². The molecule has 0 aliphatic heterocycles. The summed E-state index contributed by atoms with van der Waals surface area (Å²) in [6.45, 7) is 0. The van der Waals surface area contributed by atoms with Gasteiger partial charge in [-0.2, -0.15) is 0 Å². The van der Waals surface area contributed by atoms with E-state index < -0.39 is 17.2 Å². The van der Waals surface area contributed by atoms with Gasteiger partial charge in [-0.15, -0.1) is 24.5 Å². The summed E-state index contributed by atoms with van der Waals surface area (Å²) in [6.07, 6.45) is -2.86. The van der Waals surface area contributed by atoms with E-state index in [0.29, 0.717) is 6.42 Å². The van der Waals surface area contributed by atoms with Crippen LogP contribution in [0.25, 0.3) is 0 Å². The minimum Gasteiger partial charge on any atom is -0.406 e. The molecule has 3 rings (SSSR count). The molecule has 7 nitrogen and oxygen atoms in total. The number of aromatic nitrogens is 1. The Labute approximate surface area is 165 Å². The molecule has 0 saturated carbocycles. The molecule has 0 atom stereocenters. The number of hydrogen-bond acceptors (Lipinski definition) is 6. The van der Waals surface area contributed by atoms with Gasteiger partial charge < -0.3 is 4.74 Å². The van der Waals surface area contributed by atoms with Gasteiger partial charge in [0.2, 0.25) is 0 Å². The van der Waals surface area contributed by atoms with Gasteiger partial charge in [0.05, 0.1) is 4.92 Å². The molecule has 0 saturated heterocycles. The van der Waals surface area contributed by atoms with Crippen LogP contribution in [0.3, 0.4) is 0 Å². The summed E-state index contributed by atoms with van der Waals surface area (Å²) in [5.41, 5.74) is 0.317. The first-order chi connectivity index (χ1) is 13.7. The van der Waals surface area contributed by atoms with Crippen LogP contribution < -0.4 is 10.1 Å². The predicted molar refractivity (Wildman–Crippen MR) is 99.1 cm³/mol. The van der Waals surface area contributed by atoms with Crippen molar-refractivity contribution in [2.75, 3.05) is 5.32 Å². The van der Waals surface area contributed by atoms with Gasteiger partial charge >= 0.3 is 6.36 Å². The fourth-order valence-electron chi connectivity index (χ4n) is 2.45. The summed E-state index contributed by atoms with van der Waals surface area (Å²) in [5.74, 6) is -0.977. The van der Waals surface area contributed by atoms with Crippen LogP contribution in [0.1, 0.15) is 20.8 Å². The Morgan fingerprint density at radius 1 is 1.17 bits per heavy atom. The third kappa shape index (κ3) is 5.51. The number of nitro benzene ring substituents is 1. The lowest BCUT2D eigenvalue weighted by Crippen LogP contribution is -2.17. The van der Waals surface area contributed by atoms with Gasteiger partial charge in [-0.3, -0.25) is 20.2 Å². The van der Waals surface area contributed by atoms with Crippen molar-refractivity contribution < 1.29 is 27.6 Å². The van der Waals surface area contributed by atoms with Crippen molar-refractivity contribution in [1.82, 2.24) is 4.98 Å². The Morgan fingerprint density at radius 2 is 1.86 bits per heavy atom. The molecule has 0 unspecified atom stereocenters. The van der Waals surface area contributed by atoms with Crippen molar-refractivity contribution in [1.29, 1.82) is 0 Å². The maximum atomic E-state index is 12.3. The molecule has 1 heterocycles. The van der Waals surface area contributed by atoms with Crippen LogP contribution in [-0.4, -0.2) is 22.2 Å². The van der Waals surface area contributed by atoms with E-state index in [9.17, 15) is 28.1 Å². The van der Waals surface area contributed by atoms with Crippen molar-refractivity contribution in [3.8, 4) is 5.75 Å². The standard InChI is InChI=1S/C18H12F3N3O4S/c19-18(20,21)28-12-7-5-11(6-8-12)9-13-10-22-17(29-13)23-16(25)14-3-1-2-4-15(14)24(26)27/h1-8,10H,9H2,(H,22,23,25). The zero-order valence-electron chi connectivity index (χ0n) is 14.5. The first-order valence-electron chi connectivity index (χ1n) is 8.05. The molecular formula is C18H12F3N3O4S. The van der Waals surface area contributed by atoms with Gasteiger partial charge in [0.1, 0.15) is 11.3 Å². The van der Waals surface area contributed by atoms with E-state index in [1.807, 2.05) is 0 Å². The number of carbonyl (C=O) groups is 1. The Bertz CT molecular complexity index is 1040. The molecule has 3 aromatic rings. The summed E-state index contributed by atoms with van der Waals surface area (Å²) in [7, 11) is 0. The molecular weight excluding hydrogens is 411 g/mol. The second-order valence-electron chi connectivity index (χ2n) is 5.73. The van der Waals surface area contributed by atoms with Crippen LogP contribution in [0.15, 0.2) is 54.7 Å². The number of halogens is 3. The number of nitrogens with one attached hydrogen (secondary N) is 1. The average molecular weight is 423 g/mol. The number of anilines is 1. The molecule has 29 heavy (non-hydrogen) atoms. The number of benzene rings is 2. The number of thiazole rings is 1. The minimum atomic E-state index is -4.75. The Kier molecular flexibility index (Phi) is 5.78. The maximum absolute atomic E-state index is 12.3. The molecule has 0 aliphatic carbocycles. The molecule has 0 fully saturated rings. The monoisotopic (exact) mass is 423 g/mol. The Morgan fingerprint density at radius 3 is 2.52 bits per heavy atom. The highest BCUT2D eigenvalue weighted by Gasteiger charge is 2.31. The molecule has 1 aromatic heterocycles. The van der Waals surface area contributed by atoms with E-state index in [1.54, 1.807) is 0 Å². The highest BCUT2D eigenvalue weighted by atomic mass is 32.1. The number of nitrogens with zero attached hydrogens (tertiary/aromatic N) is 2. The number of hydrogen-bond donors (Lipinski definition) is 1. The molecule has 0 spiro atoms. The van der Waals surface area contributed by atoms with Gasteiger partial charge in [0.25, 0.3) is 11.6 Å². The molecule has 0 radical (unpaired) electrons. The quantitative estimate of drug-likeness (QED) is 0.454. The number of rotatable bonds is 6. The van der Waals surface area contributed by atoms with Crippen LogP contribution in [0, 0.1) is 10.1 Å². The number of amides is 1. The number of alkyl halides is 3. The van der Waals surface area contributed by atoms with E-state index in [4.69, 9.17) is 0 Å². The largest absolute Gasteiger partial charge is 0.573 e. The first kappa shape index (κ1) is 20.3. The van der Waals surface area contributed by atoms with Gasteiger partial charge in [-0.1, -0.05) is 24.3 Å². The second-order valence-corrected chi connectivity index (χ2v) is 6.84. The van der Waals surface area contributed by atoms with Crippen molar-refractivity contribution in [3.05, 3.63) is 80.8 Å². The lowest BCUT2D eigenvalue weighted by atomic mass is 10.1. The van der Waals surface area contributed by atoms with E-state index in [-0.39, 0.29) is 22.1 Å². The van der Waals surface area contributed by atoms with E-state index in [1.165, 1.54) is 54.7 Å². The highest BCUT2D eigenvalue weighted by molar-refractivity contribution is 7.15. The second kappa shape index (κ2) is 8.27. The third-order valence-corrected chi connectivity index (χ3v) is 4.57. The Balaban J connectivity index is 1.65. The van der Waals surface area contributed by atoms with Crippen LogP contribution in [0.5, 0.6) is 5.75 Å². The van der Waals surface area contributed by atoms with E-state index >= 15 is 0 Å². The summed E-state index contributed by atoms with van der Waals surface area (Å²) in [5, 5.41) is 13.8. The smallest absolute Gasteiger partial charge is 0.406 e. The van der Waals surface area contributed by atoms with Crippen LogP contribution >= 0.6 is 11.3 Å². The van der Waals surface area contributed by atoms with Crippen LogP contribution in [-0.2, 0) is 6.42 Å². The summed E-state index contributed by atoms with van der Waals surface area (Å²) < 4.78 is 40.4. The summed E-state index contributed by atoms with van der Waals surface area (Å²) >= 11 is 1.16. The Hall–Kier alpha value is -3.47. The fraction of sp³-hybridized carbons (Fsp3) is 0.111. The van der Waals surface area contributed by atoms with Gasteiger partial charge in [-0.05, 0) is 23.8 Å². The number of para-hydroxylation sites is 1. The molecule has 1 amide bonds. The average Bonchev–Trinajstić information content (AvgIpc) is 3.09. The van der Waals surface area contributed by atoms with Gasteiger partial charge in [0, 0.05) is 23.6 Å². The number of ether oxygens (including phenoxy) is 1. The molecule has 0 aliphatic rings. The third-order valence-electron chi connectivity index (χ3n) is 3.65. The molecule has 2 aromatic carbocycles. The minimum absolute atomic E-state index is 0.0884. The van der Waals surface area contributed by atoms with Gasteiger partial charge in [-0.25, -0.2) is 4.98 Å². The van der Waals surface area contributed by atoms with Crippen molar-refractivity contribution in [3.63, 3.8) is 0 Å². The maximum Gasteiger partial charge on any atom is 0.573 e. The van der Waals surface area contributed by atoms with E-state index in [0.717, 1.165) is 21.8 Å². The zero-order valence-corrected chi connectivity index (χ0v) is 15.3. The molecule has 1 N–H and O–H groups in total. The van der Waals surface area contributed by atoms with Crippen molar-refractivity contribution in [2.24, 2.45) is 0 Å². The summed E-state index contributed by atoms with van der Waals surface area (Å²) in [6, 6.07) is 10.9. The first-order valence-corrected chi connectivity index (χ1v) is 8.87. The van der Waals surface area contributed by atoms with Crippen molar-refractivity contribution in [2.45, 2.75) is 12.8 Å². The molecule has 11 heteroatoms. The lowest BCUT2D eigenvalue weighted by molar-refractivity contribution is -0.385.